The summed E-state index contributed by atoms with van der Waals surface area (Å²) in [5.74, 6) is 3.71. The lowest BCUT2D eigenvalue weighted by molar-refractivity contribution is -0.183. The van der Waals surface area contributed by atoms with Crippen LogP contribution in [-0.2, 0) is 19.1 Å². The summed E-state index contributed by atoms with van der Waals surface area (Å²) in [6.07, 6.45) is 12.8. The Hall–Kier alpha value is -1.06. The van der Waals surface area contributed by atoms with Crippen molar-refractivity contribution < 1.29 is 19.1 Å². The molecule has 4 nitrogen and oxygen atoms in total. The Kier molecular flexibility index (Phi) is 7.96. The van der Waals surface area contributed by atoms with Gasteiger partial charge in [0.2, 0.25) is 0 Å². The van der Waals surface area contributed by atoms with Crippen molar-refractivity contribution in [1.29, 1.82) is 0 Å². The molecule has 0 amide bonds. The van der Waals surface area contributed by atoms with Gasteiger partial charge in [0, 0.05) is 0 Å². The van der Waals surface area contributed by atoms with Gasteiger partial charge in [-0.05, 0) is 110 Å². The summed E-state index contributed by atoms with van der Waals surface area (Å²) >= 11 is 0. The Labute approximate surface area is 221 Å². The van der Waals surface area contributed by atoms with Gasteiger partial charge in [-0.15, -0.1) is 0 Å². The molecule has 0 saturated heterocycles. The van der Waals surface area contributed by atoms with Gasteiger partial charge >= 0.3 is 11.9 Å². The van der Waals surface area contributed by atoms with Crippen molar-refractivity contribution in [3.05, 3.63) is 0 Å². The van der Waals surface area contributed by atoms with Gasteiger partial charge in [-0.3, -0.25) is 9.59 Å². The Morgan fingerprint density at radius 1 is 0.806 bits per heavy atom. The largest absolute Gasteiger partial charge is 0.469 e. The predicted octanol–water partition coefficient (Wildman–Crippen LogP) is 7.69. The number of hydrogen-bond donors (Lipinski definition) is 0. The van der Waals surface area contributed by atoms with Gasteiger partial charge in [0.15, 0.2) is 0 Å². The molecular weight excluding hydrogens is 448 g/mol. The van der Waals surface area contributed by atoms with Crippen molar-refractivity contribution in [3.63, 3.8) is 0 Å². The fraction of sp³-hybridized carbons (Fsp3) is 0.938. The number of ether oxygens (including phenoxy) is 2. The Balaban J connectivity index is 1.58. The zero-order valence-electron chi connectivity index (χ0n) is 24.5. The second-order valence-corrected chi connectivity index (χ2v) is 14.4. The molecule has 0 heterocycles. The van der Waals surface area contributed by atoms with Gasteiger partial charge < -0.3 is 9.47 Å². The number of esters is 2. The van der Waals surface area contributed by atoms with Crippen LogP contribution in [0, 0.1) is 63.6 Å². The summed E-state index contributed by atoms with van der Waals surface area (Å²) in [7, 11) is 3.13. The van der Waals surface area contributed by atoms with E-state index in [0.717, 1.165) is 37.5 Å². The van der Waals surface area contributed by atoms with Crippen LogP contribution >= 0.6 is 0 Å². The van der Waals surface area contributed by atoms with Gasteiger partial charge in [0.25, 0.3) is 0 Å². The smallest absolute Gasteiger partial charge is 0.308 e. The minimum Gasteiger partial charge on any atom is -0.469 e. The quantitative estimate of drug-likeness (QED) is 0.335. The monoisotopic (exact) mass is 502 g/mol. The molecule has 0 aromatic rings. The van der Waals surface area contributed by atoms with Gasteiger partial charge in [-0.2, -0.15) is 0 Å². The molecule has 206 valence electrons. The molecule has 10 atom stereocenters. The van der Waals surface area contributed by atoms with Crippen molar-refractivity contribution in [3.8, 4) is 0 Å². The summed E-state index contributed by atoms with van der Waals surface area (Å²) in [6, 6.07) is 0. The zero-order chi connectivity index (χ0) is 26.5. The van der Waals surface area contributed by atoms with E-state index in [1.54, 1.807) is 14.2 Å². The third kappa shape index (κ3) is 4.25. The summed E-state index contributed by atoms with van der Waals surface area (Å²) < 4.78 is 10.6. The van der Waals surface area contributed by atoms with Gasteiger partial charge in [-0.25, -0.2) is 0 Å². The maximum atomic E-state index is 13.1. The van der Waals surface area contributed by atoms with Gasteiger partial charge in [0.1, 0.15) is 0 Å². The van der Waals surface area contributed by atoms with Crippen LogP contribution < -0.4 is 0 Å². The van der Waals surface area contributed by atoms with Crippen LogP contribution in [0.2, 0.25) is 0 Å². The van der Waals surface area contributed by atoms with Gasteiger partial charge in [0.05, 0.1) is 26.1 Å². The molecule has 4 aliphatic carbocycles. The SMILES string of the molecule is COC(=O)[C@H]1CC[C@]2(C)[C@@H]3CC[C@@]4(C)[C@H]([C@H](CCCC(C)C)C(=O)OC)CC[C@]4(C)[C@H]3CC[C@H]2[C@H]1C. The summed E-state index contributed by atoms with van der Waals surface area (Å²) in [6.45, 7) is 14.6. The maximum Gasteiger partial charge on any atom is 0.308 e. The zero-order valence-corrected chi connectivity index (χ0v) is 24.5. The molecule has 0 spiro atoms. The molecule has 0 radical (unpaired) electrons. The lowest BCUT2D eigenvalue weighted by atomic mass is 9.39. The molecule has 0 bridgehead atoms. The summed E-state index contributed by atoms with van der Waals surface area (Å²) in [5, 5.41) is 0. The van der Waals surface area contributed by atoms with Crippen LogP contribution in [0.1, 0.15) is 112 Å². The first-order chi connectivity index (χ1) is 16.9. The molecule has 4 fully saturated rings. The topological polar surface area (TPSA) is 52.6 Å². The molecule has 0 unspecified atom stereocenters. The maximum absolute atomic E-state index is 13.1. The number of carbonyl (C=O) groups is 2. The average Bonchev–Trinajstić information content (AvgIpc) is 3.12. The van der Waals surface area contributed by atoms with E-state index < -0.39 is 0 Å². The first-order valence-corrected chi connectivity index (χ1v) is 15.1. The lowest BCUT2D eigenvalue weighted by Gasteiger charge is -2.66. The molecule has 0 N–H and O–H groups in total. The van der Waals surface area contributed by atoms with Crippen LogP contribution in [0.5, 0.6) is 0 Å². The standard InChI is InChI=1S/C32H54O4/c1-20(2)10-9-11-23(29(34)36-8)25-15-18-32(6)27-13-12-24-21(3)22(28(33)35-7)14-17-30(24,4)26(27)16-19-31(25,32)5/h20-27H,9-19H2,1-8H3/t21-,22-,23-,24-,25-,26+,27-,30-,31-,32+/m0/s1. The summed E-state index contributed by atoms with van der Waals surface area (Å²) in [5.41, 5.74) is 0.790. The molecular formula is C32H54O4. The molecule has 4 rings (SSSR count). The van der Waals surface area contributed by atoms with E-state index >= 15 is 0 Å². The third-order valence-corrected chi connectivity index (χ3v) is 12.9. The fourth-order valence-electron chi connectivity index (χ4n) is 10.7. The number of hydrogen-bond acceptors (Lipinski definition) is 4. The Morgan fingerprint density at radius 3 is 2.11 bits per heavy atom. The van der Waals surface area contributed by atoms with E-state index in [4.69, 9.17) is 9.47 Å². The second-order valence-electron chi connectivity index (χ2n) is 14.4. The molecule has 4 heteroatoms. The van der Waals surface area contributed by atoms with E-state index in [9.17, 15) is 9.59 Å². The predicted molar refractivity (Wildman–Crippen MR) is 144 cm³/mol. The highest BCUT2D eigenvalue weighted by molar-refractivity contribution is 5.73. The van der Waals surface area contributed by atoms with Crippen molar-refractivity contribution >= 4 is 11.9 Å². The minimum absolute atomic E-state index is 0.000178. The number of fused-ring (bicyclic) bond motifs is 5. The lowest BCUT2D eigenvalue weighted by Crippen LogP contribution is -2.59. The van der Waals surface area contributed by atoms with Crippen molar-refractivity contribution in [2.45, 2.75) is 112 Å². The average molecular weight is 503 g/mol. The molecule has 0 aromatic heterocycles. The number of carbonyl (C=O) groups excluding carboxylic acids is 2. The highest BCUT2D eigenvalue weighted by Gasteiger charge is 2.67. The first kappa shape index (κ1) is 28.0. The summed E-state index contributed by atoms with van der Waals surface area (Å²) in [4.78, 5) is 25.6. The van der Waals surface area contributed by atoms with Crippen LogP contribution in [-0.4, -0.2) is 26.2 Å². The van der Waals surface area contributed by atoms with Crippen LogP contribution in [0.25, 0.3) is 0 Å². The van der Waals surface area contributed by atoms with Crippen molar-refractivity contribution in [2.24, 2.45) is 63.6 Å². The van der Waals surface area contributed by atoms with E-state index in [-0.39, 0.29) is 34.6 Å². The van der Waals surface area contributed by atoms with Crippen molar-refractivity contribution in [1.82, 2.24) is 0 Å². The highest BCUT2D eigenvalue weighted by atomic mass is 16.5. The Bertz CT molecular complexity index is 821. The van der Waals surface area contributed by atoms with E-state index in [1.807, 2.05) is 0 Å². The second kappa shape index (κ2) is 10.3. The van der Waals surface area contributed by atoms with Crippen LogP contribution in [0.4, 0.5) is 0 Å². The number of methoxy groups -OCH3 is 2. The molecule has 36 heavy (non-hydrogen) atoms. The van der Waals surface area contributed by atoms with Gasteiger partial charge in [-0.1, -0.05) is 54.4 Å². The fourth-order valence-corrected chi connectivity index (χ4v) is 10.7. The van der Waals surface area contributed by atoms with Crippen LogP contribution in [0.3, 0.4) is 0 Å². The number of rotatable bonds is 7. The highest BCUT2D eigenvalue weighted by Crippen LogP contribution is 2.74. The van der Waals surface area contributed by atoms with E-state index in [0.29, 0.717) is 29.1 Å². The van der Waals surface area contributed by atoms with E-state index in [2.05, 4.69) is 41.5 Å². The molecule has 0 aromatic carbocycles. The van der Waals surface area contributed by atoms with Crippen LogP contribution in [0.15, 0.2) is 0 Å². The third-order valence-electron chi connectivity index (χ3n) is 12.9. The normalized spacial score (nSPS) is 44.8. The molecule has 0 aliphatic heterocycles. The van der Waals surface area contributed by atoms with Crippen molar-refractivity contribution in [2.75, 3.05) is 14.2 Å². The van der Waals surface area contributed by atoms with E-state index in [1.165, 1.54) is 44.9 Å². The molecule has 4 aliphatic rings. The first-order valence-electron chi connectivity index (χ1n) is 15.1. The Morgan fingerprint density at radius 2 is 1.47 bits per heavy atom. The molecule has 4 saturated carbocycles. The minimum atomic E-state index is -0.000178.